The summed E-state index contributed by atoms with van der Waals surface area (Å²) in [4.78, 5) is 26.4. The number of rotatable bonds is 24. The van der Waals surface area contributed by atoms with Crippen LogP contribution in [0.15, 0.2) is 223 Å². The molecule has 496 valence electrons. The van der Waals surface area contributed by atoms with Gasteiger partial charge in [-0.25, -0.2) is 9.97 Å². The zero-order chi connectivity index (χ0) is 64.7. The number of aromatic nitrogens is 4. The highest BCUT2D eigenvalue weighted by Gasteiger charge is 2.21. The molecular weight excluding hydrogens is 1580 g/mol. The minimum atomic E-state index is 0. The van der Waals surface area contributed by atoms with Gasteiger partial charge in [-0.3, -0.25) is 13.4 Å². The molecule has 14 heteroatoms. The van der Waals surface area contributed by atoms with E-state index < -0.39 is 0 Å². The third-order valence-electron chi connectivity index (χ3n) is 17.4. The summed E-state index contributed by atoms with van der Waals surface area (Å²) in [7, 11) is 19.8. The molecule has 0 fully saturated rings. The van der Waals surface area contributed by atoms with Gasteiger partial charge >= 0.3 is 0 Å². The molecule has 7 aromatic carbocycles. The van der Waals surface area contributed by atoms with Crippen LogP contribution in [-0.2, 0) is 0 Å². The van der Waals surface area contributed by atoms with Crippen LogP contribution in [0.2, 0.25) is 0 Å². The lowest BCUT2D eigenvalue weighted by atomic mass is 10.0. The molecule has 0 radical (unpaired) electrons. The largest absolute Gasteiger partial charge is 1.00 e. The van der Waals surface area contributed by atoms with E-state index >= 15 is 0 Å². The summed E-state index contributed by atoms with van der Waals surface area (Å²) in [5.74, 6) is 0.875. The standard InChI is InChI=1S/C82H88N7OS3.3HI/c1-11-12-13-14-15-16-17-18-19-56-90-64-34-20-57(21-35-64)79-71-48-50-73(83-71)80(58-22-36-65(37-23-58)91-68-42-28-61(29-43-68)87(2,3)4)75-52-54-77(85-75)82(60-26-40-67(41-27-60)93-70-46-32-63(33-47-70)89(8,9)10)78-55-53-76(86-78)81(74-51-49-72(79)84-74)59-24-38-66(39-25-59)92-69-44-30-62(31-45-69)88(5,6)7;;;/h20-55,83,86H,11-19,56H2,1-10H3;3*1H/q+3;;;/p-3. The van der Waals surface area contributed by atoms with Crippen LogP contribution in [0.1, 0.15) is 87.5 Å². The summed E-state index contributed by atoms with van der Waals surface area (Å²) in [6.07, 6.45) is 20.3. The summed E-state index contributed by atoms with van der Waals surface area (Å²) in [5, 5.41) is 0. The molecule has 0 saturated carbocycles. The van der Waals surface area contributed by atoms with Crippen molar-refractivity contribution in [2.75, 3.05) is 70.0 Å². The van der Waals surface area contributed by atoms with Gasteiger partial charge < -0.3 is 86.6 Å². The van der Waals surface area contributed by atoms with Crippen molar-refractivity contribution < 1.29 is 76.7 Å². The lowest BCUT2D eigenvalue weighted by Gasteiger charge is -2.23. The quantitative estimate of drug-likeness (QED) is 0.0357. The average molecular weight is 1660 g/mol. The number of halogens is 3. The molecule has 96 heavy (non-hydrogen) atoms. The molecule has 0 atom stereocenters. The van der Waals surface area contributed by atoms with Gasteiger partial charge in [-0.05, 0) is 162 Å². The SMILES string of the molecule is CCCCCCCCCCCOc1ccc(-c2c3nc(c(-c4ccc(Sc5ccc([N+](C)(C)C)cc5)cc4)c4ccc([nH]4)c(-c4ccc(Sc5ccc([N+](C)(C)C)cc5)cc4)c4nc(c(-c5ccc(Sc6ccc([N+](C)(C)C)cc6)cc5)c5ccc2[nH]5)C=C4)C=C3)cc1.[I-].[I-].[I-]. The Labute approximate surface area is 633 Å². The molecule has 0 amide bonds. The molecule has 0 aliphatic carbocycles. The number of nitrogens with one attached hydrogen (secondary N) is 2. The second-order valence-corrected chi connectivity index (χ2v) is 30.5. The van der Waals surface area contributed by atoms with E-state index in [0.29, 0.717) is 6.61 Å². The summed E-state index contributed by atoms with van der Waals surface area (Å²) in [5.41, 5.74) is 19.3. The van der Waals surface area contributed by atoms with Gasteiger partial charge in [-0.15, -0.1) is 0 Å². The Hall–Kier alpha value is -5.94. The van der Waals surface area contributed by atoms with Crippen molar-refractivity contribution in [1.82, 2.24) is 33.4 Å². The van der Waals surface area contributed by atoms with Gasteiger partial charge in [0, 0.05) is 110 Å². The van der Waals surface area contributed by atoms with E-state index in [1.165, 1.54) is 83.1 Å². The van der Waals surface area contributed by atoms with Gasteiger partial charge in [0.2, 0.25) is 0 Å². The molecule has 0 unspecified atom stereocenters. The van der Waals surface area contributed by atoms with Crippen LogP contribution in [0.3, 0.4) is 0 Å². The number of ether oxygens (including phenoxy) is 1. The first-order chi connectivity index (χ1) is 44.9. The number of fused-ring (bicyclic) bond motifs is 8. The summed E-state index contributed by atoms with van der Waals surface area (Å²) >= 11 is 5.33. The number of benzene rings is 7. The first-order valence-corrected chi connectivity index (χ1v) is 35.4. The zero-order valence-corrected chi connectivity index (χ0v) is 65.8. The molecule has 10 aromatic rings. The summed E-state index contributed by atoms with van der Waals surface area (Å²) in [6.45, 7) is 2.99. The van der Waals surface area contributed by atoms with Crippen molar-refractivity contribution in [2.24, 2.45) is 0 Å². The number of hydrogen-bond donors (Lipinski definition) is 2. The smallest absolute Gasteiger partial charge is 0.132 e. The Kier molecular flexibility index (Phi) is 25.8. The van der Waals surface area contributed by atoms with E-state index in [0.717, 1.165) is 130 Å². The molecule has 3 aromatic heterocycles. The van der Waals surface area contributed by atoms with Crippen LogP contribution >= 0.6 is 35.3 Å². The van der Waals surface area contributed by atoms with Gasteiger partial charge in [-0.2, -0.15) is 0 Å². The molecule has 12 rings (SSSR count). The molecule has 2 aliphatic heterocycles. The van der Waals surface area contributed by atoms with Gasteiger partial charge in [0.25, 0.3) is 0 Å². The molecule has 2 N–H and O–H groups in total. The van der Waals surface area contributed by atoms with E-state index in [9.17, 15) is 0 Å². The Balaban J connectivity index is 0.00000361. The van der Waals surface area contributed by atoms with Crippen LogP contribution in [0, 0.1) is 0 Å². The fourth-order valence-corrected chi connectivity index (χ4v) is 14.6. The topological polar surface area (TPSA) is 66.6 Å². The molecule has 8 bridgehead atoms. The molecular formula is C82H88I3N7OS3. The van der Waals surface area contributed by atoms with Crippen molar-refractivity contribution in [3.63, 3.8) is 0 Å². The predicted octanol–water partition coefficient (Wildman–Crippen LogP) is 13.3. The van der Waals surface area contributed by atoms with E-state index in [4.69, 9.17) is 14.7 Å². The van der Waals surface area contributed by atoms with Crippen molar-refractivity contribution >= 4 is 98.7 Å². The van der Waals surface area contributed by atoms with Gasteiger partial charge in [-0.1, -0.05) is 142 Å². The Bertz CT molecular complexity index is 4370. The molecule has 2 aliphatic rings. The lowest BCUT2D eigenvalue weighted by molar-refractivity contribution is -0.00100. The predicted molar refractivity (Wildman–Crippen MR) is 404 cm³/mol. The van der Waals surface area contributed by atoms with Gasteiger partial charge in [0.1, 0.15) is 22.8 Å². The van der Waals surface area contributed by atoms with Crippen molar-refractivity contribution in [2.45, 2.75) is 94.1 Å². The van der Waals surface area contributed by atoms with Crippen molar-refractivity contribution in [3.05, 3.63) is 217 Å². The number of unbranched alkanes of at least 4 members (excludes halogenated alkanes) is 8. The average Bonchev–Trinajstić information content (AvgIpc) is 1.62. The maximum absolute atomic E-state index is 6.41. The second kappa shape index (κ2) is 33.3. The van der Waals surface area contributed by atoms with Crippen molar-refractivity contribution in [1.29, 1.82) is 0 Å². The maximum Gasteiger partial charge on any atom is 0.132 e. The Morgan fingerprint density at radius 3 is 0.802 bits per heavy atom. The molecule has 5 heterocycles. The Morgan fingerprint density at radius 1 is 0.302 bits per heavy atom. The second-order valence-electron chi connectivity index (χ2n) is 27.1. The highest BCUT2D eigenvalue weighted by Crippen LogP contribution is 2.42. The van der Waals surface area contributed by atoms with Gasteiger partial charge in [0.05, 0.1) is 92.8 Å². The molecule has 0 saturated heterocycles. The first-order valence-electron chi connectivity index (χ1n) is 32.9. The maximum atomic E-state index is 6.41. The van der Waals surface area contributed by atoms with Crippen LogP contribution in [0.4, 0.5) is 17.1 Å². The van der Waals surface area contributed by atoms with Crippen LogP contribution in [0.5, 0.6) is 5.75 Å². The number of H-pyrrole nitrogens is 2. The molecule has 0 spiro atoms. The fraction of sp³-hybridized carbons (Fsp3) is 0.244. The number of aromatic amines is 2. The number of hydrogen-bond acceptors (Lipinski definition) is 6. The summed E-state index contributed by atoms with van der Waals surface area (Å²) in [6, 6.07) is 71.1. The van der Waals surface area contributed by atoms with E-state index in [2.05, 4.69) is 299 Å². The highest BCUT2D eigenvalue weighted by atomic mass is 127. The Morgan fingerprint density at radius 2 is 0.542 bits per heavy atom. The number of quaternary nitrogens is 3. The van der Waals surface area contributed by atoms with Crippen LogP contribution < -0.4 is 90.1 Å². The fourth-order valence-electron chi connectivity index (χ4n) is 12.1. The van der Waals surface area contributed by atoms with E-state index in [-0.39, 0.29) is 71.9 Å². The summed E-state index contributed by atoms with van der Waals surface area (Å²) < 4.78 is 8.72. The normalized spacial score (nSPS) is 12.1. The highest BCUT2D eigenvalue weighted by molar-refractivity contribution is 7.99. The first kappa shape index (κ1) is 74.3. The zero-order valence-electron chi connectivity index (χ0n) is 56.9. The van der Waals surface area contributed by atoms with Crippen LogP contribution in [0.25, 0.3) is 90.9 Å². The van der Waals surface area contributed by atoms with Crippen LogP contribution in [-0.4, -0.2) is 90.0 Å². The van der Waals surface area contributed by atoms with Crippen molar-refractivity contribution in [3.8, 4) is 50.3 Å². The minimum absolute atomic E-state index is 0. The van der Waals surface area contributed by atoms with E-state index in [1.807, 2.05) is 0 Å². The van der Waals surface area contributed by atoms with Gasteiger partial charge in [0.15, 0.2) is 0 Å². The minimum Gasteiger partial charge on any atom is -1.00 e. The number of nitrogens with zero attached hydrogens (tertiary/aromatic N) is 5. The third-order valence-corrected chi connectivity index (χ3v) is 20.4. The lowest BCUT2D eigenvalue weighted by Crippen LogP contribution is -3.00. The monoisotopic (exact) mass is 1660 g/mol. The third kappa shape index (κ3) is 18.5. The molecule has 8 nitrogen and oxygen atoms in total. The van der Waals surface area contributed by atoms with E-state index in [1.54, 1.807) is 35.3 Å².